The Morgan fingerprint density at radius 2 is 0.947 bits per heavy atom. The molecule has 0 aromatic carbocycles. The molecule has 0 saturated carbocycles. The van der Waals surface area contributed by atoms with Crippen molar-refractivity contribution in [2.24, 2.45) is 0 Å². The van der Waals surface area contributed by atoms with E-state index in [0.29, 0.717) is 0 Å². The van der Waals surface area contributed by atoms with Crippen molar-refractivity contribution in [1.29, 1.82) is 0 Å². The van der Waals surface area contributed by atoms with Crippen LogP contribution in [0.1, 0.15) is 143 Å². The Morgan fingerprint density at radius 1 is 0.553 bits per heavy atom. The van der Waals surface area contributed by atoms with Gasteiger partial charge < -0.3 is 0 Å². The molecule has 0 aromatic rings. The van der Waals surface area contributed by atoms with Gasteiger partial charge in [-0.3, -0.25) is 9.80 Å². The van der Waals surface area contributed by atoms with E-state index < -0.39 is 0 Å². The lowest BCUT2D eigenvalue weighted by atomic mass is 9.78. The van der Waals surface area contributed by atoms with Gasteiger partial charge in [0.2, 0.25) is 0 Å². The zero-order valence-corrected chi connectivity index (χ0v) is 29.4. The van der Waals surface area contributed by atoms with E-state index in [2.05, 4.69) is 146 Å². The number of rotatable bonds is 6. The van der Waals surface area contributed by atoms with Gasteiger partial charge >= 0.3 is 0 Å². The summed E-state index contributed by atoms with van der Waals surface area (Å²) in [5.74, 6) is 0. The lowest BCUT2D eigenvalue weighted by molar-refractivity contribution is -0.0235. The van der Waals surface area contributed by atoms with Crippen LogP contribution in [0.2, 0.25) is 0 Å². The van der Waals surface area contributed by atoms with Gasteiger partial charge in [-0.05, 0) is 150 Å². The second-order valence-corrected chi connectivity index (χ2v) is 18.2. The fraction of sp³-hybridized carbons (Fsp3) is 0.829. The summed E-state index contributed by atoms with van der Waals surface area (Å²) >= 11 is 2.18. The van der Waals surface area contributed by atoms with Crippen LogP contribution in [-0.4, -0.2) is 54.0 Å². The summed E-state index contributed by atoms with van der Waals surface area (Å²) in [5.41, 5.74) is 9.89. The number of nitrogens with zero attached hydrogens (tertiary/aromatic N) is 2. The first-order valence-electron chi connectivity index (χ1n) is 15.1. The van der Waals surface area contributed by atoms with E-state index in [4.69, 9.17) is 0 Å². The van der Waals surface area contributed by atoms with Crippen LogP contribution in [0.15, 0.2) is 33.4 Å². The third kappa shape index (κ3) is 4.44. The molecule has 0 bridgehead atoms. The third-order valence-electron chi connectivity index (χ3n) is 12.6. The Bertz CT molecular complexity index is 1080. The second-order valence-electron chi connectivity index (χ2n) is 16.0. The molecule has 0 radical (unpaired) electrons. The van der Waals surface area contributed by atoms with Gasteiger partial charge in [0, 0.05) is 37.2 Å². The molecule has 0 saturated heterocycles. The van der Waals surface area contributed by atoms with Gasteiger partial charge in [-0.1, -0.05) is 33.4 Å². The van der Waals surface area contributed by atoms with E-state index in [0.717, 1.165) is 0 Å². The van der Waals surface area contributed by atoms with E-state index >= 15 is 0 Å². The maximum absolute atomic E-state index is 2.82. The highest BCUT2D eigenvalue weighted by molar-refractivity contribution is 8.02. The minimum absolute atomic E-state index is 0.0574. The maximum atomic E-state index is 2.82. The van der Waals surface area contributed by atoms with Crippen molar-refractivity contribution in [3.63, 3.8) is 0 Å². The SMILES string of the molecule is CC1=C(C)C(C)(CCC2(C)C(C)=C(C)C(C)(CCC3(C)C(C)=C(C)C(C)(C)N3C(C)(C)C)N2C)SC1(C)C. The zero-order chi connectivity index (χ0) is 29.7. The van der Waals surface area contributed by atoms with Gasteiger partial charge in [0.05, 0.1) is 0 Å². The predicted octanol–water partition coefficient (Wildman–Crippen LogP) is 9.95. The molecule has 0 aliphatic carbocycles. The van der Waals surface area contributed by atoms with Crippen LogP contribution in [0.25, 0.3) is 0 Å². The van der Waals surface area contributed by atoms with Gasteiger partial charge in [0.15, 0.2) is 0 Å². The largest absolute Gasteiger partial charge is 0.288 e. The highest BCUT2D eigenvalue weighted by atomic mass is 32.2. The zero-order valence-electron chi connectivity index (χ0n) is 28.6. The fourth-order valence-corrected chi connectivity index (χ4v) is 11.0. The maximum Gasteiger partial charge on any atom is 0.0407 e. The Morgan fingerprint density at radius 3 is 1.34 bits per heavy atom. The Balaban J connectivity index is 1.89. The molecule has 38 heavy (non-hydrogen) atoms. The van der Waals surface area contributed by atoms with Gasteiger partial charge in [-0.25, -0.2) is 0 Å². The Kier molecular flexibility index (Phi) is 7.79. The molecular weight excluding hydrogens is 480 g/mol. The van der Waals surface area contributed by atoms with E-state index in [1.807, 2.05) is 0 Å². The van der Waals surface area contributed by atoms with Crippen molar-refractivity contribution >= 4 is 11.8 Å². The van der Waals surface area contributed by atoms with Crippen molar-refractivity contribution in [3.8, 4) is 0 Å². The Labute approximate surface area is 242 Å². The van der Waals surface area contributed by atoms with Crippen LogP contribution in [0.4, 0.5) is 0 Å². The first-order chi connectivity index (χ1) is 16.8. The van der Waals surface area contributed by atoms with Crippen LogP contribution in [0.3, 0.4) is 0 Å². The molecule has 4 atom stereocenters. The van der Waals surface area contributed by atoms with Crippen LogP contribution in [0.5, 0.6) is 0 Å². The number of hydrogen-bond acceptors (Lipinski definition) is 3. The van der Waals surface area contributed by atoms with Gasteiger partial charge in [0.1, 0.15) is 0 Å². The van der Waals surface area contributed by atoms with E-state index in [9.17, 15) is 0 Å². The molecule has 2 nitrogen and oxygen atoms in total. The summed E-state index contributed by atoms with van der Waals surface area (Å²) in [4.78, 5) is 5.58. The molecule has 218 valence electrons. The Hall–Kier alpha value is -0.510. The minimum atomic E-state index is 0.0574. The number of thioether (sulfide) groups is 1. The number of likely N-dealkylation sites (N-methyl/N-ethyl adjacent to an activating group) is 1. The van der Waals surface area contributed by atoms with Crippen molar-refractivity contribution in [1.82, 2.24) is 9.80 Å². The van der Waals surface area contributed by atoms with Gasteiger partial charge in [-0.15, -0.1) is 11.8 Å². The topological polar surface area (TPSA) is 6.48 Å². The van der Waals surface area contributed by atoms with Crippen molar-refractivity contribution in [2.75, 3.05) is 7.05 Å². The number of hydrogen-bond donors (Lipinski definition) is 0. The summed E-state index contributed by atoms with van der Waals surface area (Å²) in [5, 5.41) is 0. The van der Waals surface area contributed by atoms with E-state index in [-0.39, 0.29) is 37.2 Å². The normalized spacial score (nSPS) is 38.4. The van der Waals surface area contributed by atoms with E-state index in [1.165, 1.54) is 25.7 Å². The molecule has 3 heterocycles. The predicted molar refractivity (Wildman–Crippen MR) is 172 cm³/mol. The quantitative estimate of drug-likeness (QED) is 0.308. The van der Waals surface area contributed by atoms with Crippen LogP contribution in [0, 0.1) is 0 Å². The standard InChI is InChI=1S/C35H62N2S/c1-23-25(3)34(16,37(29(7,8)9)30(23,10)11)20-19-32(14)26(4)27(5)33(15,36(32)18)21-22-35(17)28(6)24(2)31(12,13)38-35/h19-22H2,1-18H3. The molecule has 4 unspecified atom stereocenters. The lowest BCUT2D eigenvalue weighted by Crippen LogP contribution is -2.61. The van der Waals surface area contributed by atoms with Crippen molar-refractivity contribution in [3.05, 3.63) is 33.4 Å². The molecule has 3 rings (SSSR count). The summed E-state index contributed by atoms with van der Waals surface area (Å²) in [7, 11) is 2.42. The van der Waals surface area contributed by atoms with E-state index in [1.54, 1.807) is 33.4 Å². The average Bonchev–Trinajstić information content (AvgIpc) is 3.10. The molecule has 0 fully saturated rings. The molecule has 0 aromatic heterocycles. The summed E-state index contributed by atoms with van der Waals surface area (Å²) in [6.07, 6.45) is 4.75. The minimum Gasteiger partial charge on any atom is -0.288 e. The first kappa shape index (κ1) is 32.0. The summed E-state index contributed by atoms with van der Waals surface area (Å²) in [6, 6.07) is 0. The molecule has 3 aliphatic heterocycles. The fourth-order valence-electron chi connectivity index (χ4n) is 9.03. The van der Waals surface area contributed by atoms with Crippen LogP contribution in [-0.2, 0) is 0 Å². The van der Waals surface area contributed by atoms with Gasteiger partial charge in [-0.2, -0.15) is 0 Å². The van der Waals surface area contributed by atoms with Crippen LogP contribution < -0.4 is 0 Å². The van der Waals surface area contributed by atoms with Crippen molar-refractivity contribution in [2.45, 2.75) is 181 Å². The summed E-state index contributed by atoms with van der Waals surface area (Å²) in [6.45, 7) is 41.3. The van der Waals surface area contributed by atoms with Crippen molar-refractivity contribution < 1.29 is 0 Å². The molecule has 0 amide bonds. The first-order valence-corrected chi connectivity index (χ1v) is 16.0. The smallest absolute Gasteiger partial charge is 0.0407 e. The summed E-state index contributed by atoms with van der Waals surface area (Å²) < 4.78 is 0.462. The molecular formula is C35H62N2S. The molecule has 0 spiro atoms. The molecule has 3 aliphatic rings. The highest BCUT2D eigenvalue weighted by Crippen LogP contribution is 2.58. The lowest BCUT2D eigenvalue weighted by Gasteiger charge is -2.53. The molecule has 0 N–H and O–H groups in total. The monoisotopic (exact) mass is 542 g/mol. The third-order valence-corrected chi connectivity index (χ3v) is 14.4. The second kappa shape index (κ2) is 9.25. The highest BCUT2D eigenvalue weighted by Gasteiger charge is 2.56. The average molecular weight is 543 g/mol. The molecule has 3 heteroatoms. The van der Waals surface area contributed by atoms with Crippen LogP contribution >= 0.6 is 11.8 Å². The van der Waals surface area contributed by atoms with Gasteiger partial charge in [0.25, 0.3) is 0 Å².